The lowest BCUT2D eigenvalue weighted by molar-refractivity contribution is -0.153. The van der Waals surface area contributed by atoms with Crippen molar-refractivity contribution in [2.24, 2.45) is 0 Å². The first-order valence-corrected chi connectivity index (χ1v) is 10.6. The van der Waals surface area contributed by atoms with Gasteiger partial charge < -0.3 is 15.0 Å². The summed E-state index contributed by atoms with van der Waals surface area (Å²) in [6, 6.07) is 4.63. The maximum Gasteiger partial charge on any atom is 0.422 e. The van der Waals surface area contributed by atoms with Gasteiger partial charge in [-0.15, -0.1) is 11.8 Å². The highest BCUT2D eigenvalue weighted by Crippen LogP contribution is 2.38. The lowest BCUT2D eigenvalue weighted by Crippen LogP contribution is -2.23. The summed E-state index contributed by atoms with van der Waals surface area (Å²) in [5.41, 5.74) is 2.03. The highest BCUT2D eigenvalue weighted by Gasteiger charge is 2.30. The first-order chi connectivity index (χ1) is 13.8. The third-order valence-corrected chi connectivity index (χ3v) is 6.60. The number of fused-ring (bicyclic) bond motifs is 1. The van der Waals surface area contributed by atoms with E-state index in [4.69, 9.17) is 27.9 Å². The summed E-state index contributed by atoms with van der Waals surface area (Å²) in [4.78, 5) is 11.7. The van der Waals surface area contributed by atoms with Gasteiger partial charge in [0.25, 0.3) is 0 Å². The second-order valence-electron chi connectivity index (χ2n) is 6.82. The Hall–Kier alpha value is -1.42. The van der Waals surface area contributed by atoms with Crippen LogP contribution in [-0.2, 0) is 13.1 Å². The minimum absolute atomic E-state index is 0.100. The normalized spacial score (nSPS) is 18.9. The molecule has 156 valence electrons. The zero-order valence-corrected chi connectivity index (χ0v) is 17.4. The number of hydrogen-bond donors (Lipinski definition) is 1. The number of benzene rings is 1. The Bertz CT molecular complexity index is 915. The number of thioether (sulfide) groups is 1. The lowest BCUT2D eigenvalue weighted by atomic mass is 10.2. The van der Waals surface area contributed by atoms with Crippen LogP contribution in [0.4, 0.5) is 19.0 Å². The summed E-state index contributed by atoms with van der Waals surface area (Å²) in [6.45, 7) is 1.68. The first kappa shape index (κ1) is 20.8. The molecule has 1 saturated heterocycles. The van der Waals surface area contributed by atoms with E-state index >= 15 is 0 Å². The molecule has 11 heteroatoms. The minimum Gasteiger partial charge on any atom is -0.484 e. The zero-order valence-electron chi connectivity index (χ0n) is 15.1. The molecule has 5 nitrogen and oxygen atoms in total. The van der Waals surface area contributed by atoms with Gasteiger partial charge >= 0.3 is 6.18 Å². The number of aromatic nitrogens is 2. The number of hydrogen-bond acceptors (Lipinski definition) is 6. The Balaban J connectivity index is 1.41. The Kier molecular flexibility index (Phi) is 6.02. The zero-order chi connectivity index (χ0) is 20.6. The van der Waals surface area contributed by atoms with Gasteiger partial charge in [-0.25, -0.2) is 9.97 Å². The van der Waals surface area contributed by atoms with E-state index in [0.29, 0.717) is 11.6 Å². The quantitative estimate of drug-likeness (QED) is 0.647. The number of nitrogens with one attached hydrogen (secondary N) is 1. The number of nitrogens with zero attached hydrogens (tertiary/aromatic N) is 3. The molecule has 29 heavy (non-hydrogen) atoms. The van der Waals surface area contributed by atoms with E-state index in [2.05, 4.69) is 20.2 Å². The fraction of sp³-hybridized carbons (Fsp3) is 0.444. The van der Waals surface area contributed by atoms with Crippen molar-refractivity contribution in [3.63, 3.8) is 0 Å². The molecular weight excluding hydrogens is 448 g/mol. The van der Waals surface area contributed by atoms with Crippen LogP contribution in [0.5, 0.6) is 5.75 Å². The lowest BCUT2D eigenvalue weighted by Gasteiger charge is -2.20. The molecule has 3 heterocycles. The van der Waals surface area contributed by atoms with Crippen molar-refractivity contribution < 1.29 is 17.9 Å². The van der Waals surface area contributed by atoms with Gasteiger partial charge in [-0.2, -0.15) is 13.2 Å². The summed E-state index contributed by atoms with van der Waals surface area (Å²) < 4.78 is 41.6. The maximum absolute atomic E-state index is 12.3. The van der Waals surface area contributed by atoms with Crippen LogP contribution >= 0.6 is 35.0 Å². The molecule has 1 fully saturated rings. The van der Waals surface area contributed by atoms with Gasteiger partial charge in [0.15, 0.2) is 6.61 Å². The monoisotopic (exact) mass is 464 g/mol. The highest BCUT2D eigenvalue weighted by molar-refractivity contribution is 8.00. The third-order valence-electron chi connectivity index (χ3n) is 4.68. The van der Waals surface area contributed by atoms with Gasteiger partial charge in [-0.1, -0.05) is 11.6 Å². The summed E-state index contributed by atoms with van der Waals surface area (Å²) in [5, 5.41) is 4.17. The molecule has 2 aromatic rings. The summed E-state index contributed by atoms with van der Waals surface area (Å²) in [7, 11) is 0. The van der Waals surface area contributed by atoms with E-state index in [1.54, 1.807) is 17.8 Å². The summed E-state index contributed by atoms with van der Waals surface area (Å²) in [6.07, 6.45) is -3.45. The highest BCUT2D eigenvalue weighted by atomic mass is 35.5. The Morgan fingerprint density at radius 1 is 1.24 bits per heavy atom. The van der Waals surface area contributed by atoms with Crippen LogP contribution in [0.2, 0.25) is 10.3 Å². The van der Waals surface area contributed by atoms with Crippen LogP contribution in [0.25, 0.3) is 0 Å². The van der Waals surface area contributed by atoms with E-state index in [1.165, 1.54) is 12.1 Å². The number of anilines is 1. The van der Waals surface area contributed by atoms with Crippen LogP contribution in [0.1, 0.15) is 17.7 Å². The van der Waals surface area contributed by atoms with E-state index in [9.17, 15) is 13.2 Å². The molecule has 1 atom stereocenters. The average molecular weight is 465 g/mol. The Labute approximate surface area is 179 Å². The van der Waals surface area contributed by atoms with Crippen molar-refractivity contribution in [2.45, 2.75) is 35.8 Å². The molecule has 0 bridgehead atoms. The van der Waals surface area contributed by atoms with E-state index < -0.39 is 12.8 Å². The van der Waals surface area contributed by atoms with E-state index in [-0.39, 0.29) is 16.3 Å². The number of ether oxygens (including phenoxy) is 1. The molecule has 0 saturated carbocycles. The van der Waals surface area contributed by atoms with Crippen LogP contribution < -0.4 is 15.0 Å². The molecule has 2 aliphatic rings. The topological polar surface area (TPSA) is 50.3 Å². The van der Waals surface area contributed by atoms with Gasteiger partial charge in [0.1, 0.15) is 11.6 Å². The molecular formula is C18H17Cl2F3N4OS. The average Bonchev–Trinajstić information content (AvgIpc) is 3.30. The second kappa shape index (κ2) is 8.37. The molecule has 1 aromatic heterocycles. The largest absolute Gasteiger partial charge is 0.484 e. The predicted molar refractivity (Wildman–Crippen MR) is 107 cm³/mol. The van der Waals surface area contributed by atoms with Crippen LogP contribution in [-0.4, -0.2) is 41.1 Å². The number of rotatable bonds is 5. The molecule has 1 unspecified atom stereocenters. The van der Waals surface area contributed by atoms with Gasteiger partial charge in [0.05, 0.1) is 10.7 Å². The maximum atomic E-state index is 12.3. The number of halogens is 5. The summed E-state index contributed by atoms with van der Waals surface area (Å²) in [5.74, 6) is 0.971. The number of alkyl halides is 3. The molecule has 4 rings (SSSR count). The molecule has 1 N–H and O–H groups in total. The van der Waals surface area contributed by atoms with Gasteiger partial charge in [0, 0.05) is 41.9 Å². The SMILES string of the molecule is FC(F)(F)COc1ccc(SC2CCN(c3nc(Cl)nc4c3CNC4)C2)c(Cl)c1. The second-order valence-corrected chi connectivity index (χ2v) is 8.90. The van der Waals surface area contributed by atoms with Crippen molar-refractivity contribution in [1.82, 2.24) is 15.3 Å². The van der Waals surface area contributed by atoms with Crippen molar-refractivity contribution in [3.8, 4) is 5.75 Å². The van der Waals surface area contributed by atoms with Gasteiger partial charge in [-0.05, 0) is 36.2 Å². The van der Waals surface area contributed by atoms with Crippen LogP contribution in [0.3, 0.4) is 0 Å². The van der Waals surface area contributed by atoms with Crippen molar-refractivity contribution in [1.29, 1.82) is 0 Å². The molecule has 0 radical (unpaired) electrons. The van der Waals surface area contributed by atoms with E-state index in [0.717, 1.165) is 48.0 Å². The predicted octanol–water partition coefficient (Wildman–Crippen LogP) is 4.70. The molecule has 0 spiro atoms. The van der Waals surface area contributed by atoms with Crippen molar-refractivity contribution in [2.75, 3.05) is 24.6 Å². The molecule has 0 amide bonds. The Morgan fingerprint density at radius 2 is 2.07 bits per heavy atom. The third kappa shape index (κ3) is 5.02. The smallest absolute Gasteiger partial charge is 0.422 e. The molecule has 0 aliphatic carbocycles. The standard InChI is InChI=1S/C18H17Cl2F3N4OS/c19-13-5-10(28-9-18(21,22)23)1-2-15(13)29-11-3-4-27(8-11)16-12-6-24-7-14(12)25-17(20)26-16/h1-2,5,11,24H,3-4,6-9H2. The summed E-state index contributed by atoms with van der Waals surface area (Å²) >= 11 is 14.0. The van der Waals surface area contributed by atoms with Crippen LogP contribution in [0, 0.1) is 0 Å². The van der Waals surface area contributed by atoms with Crippen molar-refractivity contribution >= 4 is 40.8 Å². The Morgan fingerprint density at radius 3 is 2.83 bits per heavy atom. The van der Waals surface area contributed by atoms with E-state index in [1.807, 2.05) is 0 Å². The van der Waals surface area contributed by atoms with Crippen LogP contribution in [0.15, 0.2) is 23.1 Å². The van der Waals surface area contributed by atoms with Gasteiger partial charge in [0.2, 0.25) is 5.28 Å². The fourth-order valence-corrected chi connectivity index (χ4v) is 5.05. The minimum atomic E-state index is -4.38. The van der Waals surface area contributed by atoms with Gasteiger partial charge in [-0.3, -0.25) is 0 Å². The molecule has 2 aliphatic heterocycles. The van der Waals surface area contributed by atoms with Crippen molar-refractivity contribution in [3.05, 3.63) is 39.8 Å². The first-order valence-electron chi connectivity index (χ1n) is 8.95. The molecule has 1 aromatic carbocycles. The fourth-order valence-electron chi connectivity index (χ4n) is 3.41.